The van der Waals surface area contributed by atoms with Crippen LogP contribution in [0.15, 0.2) is 22.7 Å². The maximum atomic E-state index is 11.4. The van der Waals surface area contributed by atoms with Gasteiger partial charge in [-0.2, -0.15) is 0 Å². The third-order valence-corrected chi connectivity index (χ3v) is 2.50. The molecule has 0 aliphatic carbocycles. The zero-order valence-electron chi connectivity index (χ0n) is 11.3. The number of amides is 1. The van der Waals surface area contributed by atoms with Gasteiger partial charge in [-0.1, -0.05) is 15.9 Å². The minimum absolute atomic E-state index is 0.319. The molecule has 1 aromatic rings. The number of carbonyl (C=O) groups is 1. The Morgan fingerprint density at radius 3 is 2.74 bits per heavy atom. The number of nitrogens with two attached hydrogens (primary N) is 1. The minimum Gasteiger partial charge on any atom is -0.490 e. The number of anilines is 1. The van der Waals surface area contributed by atoms with Gasteiger partial charge in [0.2, 0.25) is 0 Å². The summed E-state index contributed by atoms with van der Waals surface area (Å²) in [7, 11) is 0. The first-order valence-electron chi connectivity index (χ1n) is 5.92. The first-order valence-corrected chi connectivity index (χ1v) is 6.72. The van der Waals surface area contributed by atoms with Crippen LogP contribution < -0.4 is 15.8 Å². The van der Waals surface area contributed by atoms with Crippen LogP contribution >= 0.6 is 15.9 Å². The summed E-state index contributed by atoms with van der Waals surface area (Å²) >= 11 is 3.34. The molecule has 5 nitrogen and oxygen atoms in total. The van der Waals surface area contributed by atoms with E-state index in [1.54, 1.807) is 12.1 Å². The fourth-order valence-electron chi connectivity index (χ4n) is 1.26. The van der Waals surface area contributed by atoms with Gasteiger partial charge in [-0.3, -0.25) is 0 Å². The zero-order chi connectivity index (χ0) is 14.5. The molecule has 0 atom stereocenters. The van der Waals surface area contributed by atoms with Crippen molar-refractivity contribution in [1.29, 1.82) is 0 Å². The number of ether oxygens (including phenoxy) is 2. The Balaban J connectivity index is 2.31. The monoisotopic (exact) mass is 330 g/mol. The smallest absolute Gasteiger partial charge is 0.407 e. The minimum atomic E-state index is -0.500. The van der Waals surface area contributed by atoms with Gasteiger partial charge in [0.1, 0.15) is 18.0 Å². The predicted molar refractivity (Wildman–Crippen MR) is 78.3 cm³/mol. The van der Waals surface area contributed by atoms with Crippen LogP contribution in [-0.2, 0) is 4.74 Å². The number of alkyl carbamates (subject to hydrolysis) is 1. The number of nitrogens with one attached hydrogen (secondary N) is 1. The molecule has 1 amide bonds. The fourth-order valence-corrected chi connectivity index (χ4v) is 1.60. The van der Waals surface area contributed by atoms with Crippen LogP contribution in [0.2, 0.25) is 0 Å². The van der Waals surface area contributed by atoms with Crippen LogP contribution in [0.5, 0.6) is 5.75 Å². The Labute approximate surface area is 121 Å². The van der Waals surface area contributed by atoms with Gasteiger partial charge in [0, 0.05) is 4.47 Å². The highest BCUT2D eigenvalue weighted by atomic mass is 79.9. The van der Waals surface area contributed by atoms with E-state index in [0.29, 0.717) is 24.6 Å². The van der Waals surface area contributed by atoms with Crippen LogP contribution in [0.4, 0.5) is 10.5 Å². The maximum Gasteiger partial charge on any atom is 0.407 e. The van der Waals surface area contributed by atoms with Crippen LogP contribution in [0, 0.1) is 0 Å². The summed E-state index contributed by atoms with van der Waals surface area (Å²) in [6.45, 7) is 6.10. The van der Waals surface area contributed by atoms with Gasteiger partial charge >= 0.3 is 6.09 Å². The molecule has 0 aliphatic rings. The quantitative estimate of drug-likeness (QED) is 0.657. The normalized spacial score (nSPS) is 10.9. The van der Waals surface area contributed by atoms with E-state index < -0.39 is 11.7 Å². The average molecular weight is 331 g/mol. The fraction of sp³-hybridized carbons (Fsp3) is 0.462. The van der Waals surface area contributed by atoms with Gasteiger partial charge in [0.05, 0.1) is 12.2 Å². The Morgan fingerprint density at radius 2 is 2.11 bits per heavy atom. The van der Waals surface area contributed by atoms with Gasteiger partial charge in [-0.05, 0) is 39.0 Å². The van der Waals surface area contributed by atoms with Crippen molar-refractivity contribution in [3.05, 3.63) is 22.7 Å². The molecule has 19 heavy (non-hydrogen) atoms. The van der Waals surface area contributed by atoms with E-state index in [2.05, 4.69) is 21.2 Å². The van der Waals surface area contributed by atoms with E-state index in [-0.39, 0.29) is 0 Å². The lowest BCUT2D eigenvalue weighted by Crippen LogP contribution is -2.34. The summed E-state index contributed by atoms with van der Waals surface area (Å²) in [4.78, 5) is 11.4. The highest BCUT2D eigenvalue weighted by Crippen LogP contribution is 2.25. The van der Waals surface area contributed by atoms with Crippen LogP contribution in [-0.4, -0.2) is 24.8 Å². The third kappa shape index (κ3) is 6.33. The summed E-state index contributed by atoms with van der Waals surface area (Å²) in [5.74, 6) is 0.584. The lowest BCUT2D eigenvalue weighted by molar-refractivity contribution is 0.0520. The molecular formula is C13H19BrN2O3. The van der Waals surface area contributed by atoms with Gasteiger partial charge in [-0.25, -0.2) is 4.79 Å². The molecule has 1 rings (SSSR count). The van der Waals surface area contributed by atoms with E-state index in [1.807, 2.05) is 26.8 Å². The van der Waals surface area contributed by atoms with E-state index in [0.717, 1.165) is 4.47 Å². The number of nitrogen functional groups attached to an aromatic ring is 1. The van der Waals surface area contributed by atoms with E-state index >= 15 is 0 Å². The largest absolute Gasteiger partial charge is 0.490 e. The molecule has 0 saturated carbocycles. The lowest BCUT2D eigenvalue weighted by atomic mass is 10.2. The van der Waals surface area contributed by atoms with Crippen LogP contribution in [0.3, 0.4) is 0 Å². The topological polar surface area (TPSA) is 73.6 Å². The number of hydrogen-bond acceptors (Lipinski definition) is 4. The molecule has 0 aromatic heterocycles. The van der Waals surface area contributed by atoms with Crippen LogP contribution in [0.25, 0.3) is 0 Å². The van der Waals surface area contributed by atoms with Gasteiger partial charge in [0.25, 0.3) is 0 Å². The third-order valence-electron chi connectivity index (χ3n) is 2.00. The molecule has 0 spiro atoms. The highest BCUT2D eigenvalue weighted by molar-refractivity contribution is 9.10. The second kappa shape index (κ2) is 6.65. The van der Waals surface area contributed by atoms with Crippen molar-refractivity contribution in [3.63, 3.8) is 0 Å². The average Bonchev–Trinajstić information content (AvgIpc) is 2.26. The van der Waals surface area contributed by atoms with Crippen molar-refractivity contribution >= 4 is 27.7 Å². The molecule has 6 heteroatoms. The first-order chi connectivity index (χ1) is 8.78. The van der Waals surface area contributed by atoms with E-state index in [1.165, 1.54) is 0 Å². The van der Waals surface area contributed by atoms with Crippen molar-refractivity contribution in [3.8, 4) is 5.75 Å². The first kappa shape index (κ1) is 15.6. The molecule has 0 radical (unpaired) electrons. The molecule has 106 valence electrons. The highest BCUT2D eigenvalue weighted by Gasteiger charge is 2.15. The number of rotatable bonds is 4. The van der Waals surface area contributed by atoms with Gasteiger partial charge in [0.15, 0.2) is 0 Å². The second-order valence-electron chi connectivity index (χ2n) is 4.96. The second-order valence-corrected chi connectivity index (χ2v) is 5.87. The Morgan fingerprint density at radius 1 is 1.42 bits per heavy atom. The van der Waals surface area contributed by atoms with Crippen molar-refractivity contribution in [2.24, 2.45) is 0 Å². The molecule has 0 unspecified atom stereocenters. The number of carbonyl (C=O) groups excluding carboxylic acids is 1. The van der Waals surface area contributed by atoms with E-state index in [4.69, 9.17) is 15.2 Å². The van der Waals surface area contributed by atoms with Gasteiger partial charge < -0.3 is 20.5 Å². The summed E-state index contributed by atoms with van der Waals surface area (Å²) in [6, 6.07) is 5.37. The molecular weight excluding hydrogens is 312 g/mol. The molecule has 3 N–H and O–H groups in total. The summed E-state index contributed by atoms with van der Waals surface area (Å²) < 4.78 is 11.5. The standard InChI is InChI=1S/C13H19BrN2O3/c1-13(2,3)19-12(17)16-6-7-18-11-8-9(14)4-5-10(11)15/h4-5,8H,6-7,15H2,1-3H3,(H,16,17). The van der Waals surface area contributed by atoms with Crippen molar-refractivity contribution in [2.75, 3.05) is 18.9 Å². The molecule has 0 aliphatic heterocycles. The molecule has 1 aromatic carbocycles. The number of benzene rings is 1. The maximum absolute atomic E-state index is 11.4. The molecule has 0 bridgehead atoms. The Kier molecular flexibility index (Phi) is 5.47. The van der Waals surface area contributed by atoms with E-state index in [9.17, 15) is 4.79 Å². The zero-order valence-corrected chi connectivity index (χ0v) is 12.9. The van der Waals surface area contributed by atoms with Crippen molar-refractivity contribution < 1.29 is 14.3 Å². The number of hydrogen-bond donors (Lipinski definition) is 2. The molecule has 0 saturated heterocycles. The van der Waals surface area contributed by atoms with Gasteiger partial charge in [-0.15, -0.1) is 0 Å². The van der Waals surface area contributed by atoms with Crippen LogP contribution in [0.1, 0.15) is 20.8 Å². The molecule has 0 heterocycles. The summed E-state index contributed by atoms with van der Waals surface area (Å²) in [5.41, 5.74) is 5.81. The lowest BCUT2D eigenvalue weighted by Gasteiger charge is -2.19. The Hall–Kier alpha value is -1.43. The summed E-state index contributed by atoms with van der Waals surface area (Å²) in [5, 5.41) is 2.60. The number of halogens is 1. The van der Waals surface area contributed by atoms with Crippen molar-refractivity contribution in [2.45, 2.75) is 26.4 Å². The molecule has 0 fully saturated rings. The van der Waals surface area contributed by atoms with Crippen molar-refractivity contribution in [1.82, 2.24) is 5.32 Å². The SMILES string of the molecule is CC(C)(C)OC(=O)NCCOc1cc(Br)ccc1N. The summed E-state index contributed by atoms with van der Waals surface area (Å²) in [6.07, 6.45) is -0.460. The predicted octanol–water partition coefficient (Wildman–Crippen LogP) is 2.93. The Bertz CT molecular complexity index is 444.